The SMILES string of the molecule is CC/C=C1\C(C)=Cc2cc3c(cc21)C=C(C)C3=C(C#N)C#N. The maximum atomic E-state index is 9.20. The average molecular weight is 284 g/mol. The van der Waals surface area contributed by atoms with Crippen LogP contribution in [0.25, 0.3) is 23.3 Å². The first-order chi connectivity index (χ1) is 10.6. The number of nitriles is 2. The molecule has 0 amide bonds. The van der Waals surface area contributed by atoms with Crippen LogP contribution in [0.5, 0.6) is 0 Å². The van der Waals surface area contributed by atoms with Crippen molar-refractivity contribution in [2.75, 3.05) is 0 Å². The molecule has 0 aliphatic heterocycles. The summed E-state index contributed by atoms with van der Waals surface area (Å²) in [6.07, 6.45) is 7.50. The minimum absolute atomic E-state index is 0.190. The van der Waals surface area contributed by atoms with Crippen molar-refractivity contribution in [3.05, 3.63) is 57.2 Å². The number of fused-ring (bicyclic) bond motifs is 2. The van der Waals surface area contributed by atoms with Crippen LogP contribution in [0.3, 0.4) is 0 Å². The maximum absolute atomic E-state index is 9.20. The van der Waals surface area contributed by atoms with Crippen molar-refractivity contribution in [2.24, 2.45) is 0 Å². The van der Waals surface area contributed by atoms with Gasteiger partial charge in [0.15, 0.2) is 0 Å². The van der Waals surface area contributed by atoms with E-state index < -0.39 is 0 Å². The van der Waals surface area contributed by atoms with Gasteiger partial charge in [0.05, 0.1) is 0 Å². The lowest BCUT2D eigenvalue weighted by molar-refractivity contribution is 1.22. The maximum Gasteiger partial charge on any atom is 0.137 e. The van der Waals surface area contributed by atoms with Gasteiger partial charge in [0.2, 0.25) is 0 Å². The van der Waals surface area contributed by atoms with Gasteiger partial charge in [-0.2, -0.15) is 10.5 Å². The van der Waals surface area contributed by atoms with Crippen molar-refractivity contribution in [1.82, 2.24) is 0 Å². The van der Waals surface area contributed by atoms with Gasteiger partial charge in [0, 0.05) is 5.57 Å². The third-order valence-electron chi connectivity index (χ3n) is 4.23. The molecule has 0 unspecified atom stereocenters. The Hall–Kier alpha value is -2.84. The second-order valence-electron chi connectivity index (χ2n) is 5.68. The first kappa shape index (κ1) is 14.1. The summed E-state index contributed by atoms with van der Waals surface area (Å²) in [5.41, 5.74) is 9.04. The zero-order valence-corrected chi connectivity index (χ0v) is 13.0. The summed E-state index contributed by atoms with van der Waals surface area (Å²) in [7, 11) is 0. The molecular weight excluding hydrogens is 268 g/mol. The van der Waals surface area contributed by atoms with Crippen molar-refractivity contribution in [2.45, 2.75) is 27.2 Å². The normalized spacial score (nSPS) is 16.6. The van der Waals surface area contributed by atoms with Crippen molar-refractivity contribution in [3.63, 3.8) is 0 Å². The molecule has 2 heteroatoms. The van der Waals surface area contributed by atoms with Crippen molar-refractivity contribution >= 4 is 23.3 Å². The third kappa shape index (κ3) is 1.93. The first-order valence-electron chi connectivity index (χ1n) is 7.41. The molecule has 22 heavy (non-hydrogen) atoms. The van der Waals surface area contributed by atoms with E-state index in [4.69, 9.17) is 0 Å². The van der Waals surface area contributed by atoms with Crippen LogP contribution in [0.1, 0.15) is 49.4 Å². The van der Waals surface area contributed by atoms with Crippen molar-refractivity contribution in [3.8, 4) is 12.1 Å². The van der Waals surface area contributed by atoms with Crippen LogP contribution in [0, 0.1) is 22.7 Å². The summed E-state index contributed by atoms with van der Waals surface area (Å²) in [5.74, 6) is 0. The van der Waals surface area contributed by atoms with Crippen LogP contribution >= 0.6 is 0 Å². The number of hydrogen-bond donors (Lipinski definition) is 0. The molecule has 2 nitrogen and oxygen atoms in total. The molecule has 0 N–H and O–H groups in total. The lowest BCUT2D eigenvalue weighted by Gasteiger charge is -2.09. The van der Waals surface area contributed by atoms with Crippen LogP contribution in [0.2, 0.25) is 0 Å². The Morgan fingerprint density at radius 3 is 2.23 bits per heavy atom. The van der Waals surface area contributed by atoms with Gasteiger partial charge < -0.3 is 0 Å². The van der Waals surface area contributed by atoms with E-state index in [9.17, 15) is 10.5 Å². The fourth-order valence-electron chi connectivity index (χ4n) is 3.31. The highest BCUT2D eigenvalue weighted by Crippen LogP contribution is 2.43. The summed E-state index contributed by atoms with van der Waals surface area (Å²) in [6, 6.07) is 8.34. The Morgan fingerprint density at radius 2 is 1.59 bits per heavy atom. The molecule has 2 aliphatic rings. The molecule has 0 saturated carbocycles. The fraction of sp³-hybridized carbons (Fsp3) is 0.200. The van der Waals surface area contributed by atoms with Gasteiger partial charge in [-0.15, -0.1) is 0 Å². The lowest BCUT2D eigenvalue weighted by atomic mass is 9.94. The molecule has 0 bridgehead atoms. The first-order valence-corrected chi connectivity index (χ1v) is 7.41. The quantitative estimate of drug-likeness (QED) is 0.672. The fourth-order valence-corrected chi connectivity index (χ4v) is 3.31. The molecule has 0 spiro atoms. The van der Waals surface area contributed by atoms with E-state index in [0.29, 0.717) is 0 Å². The van der Waals surface area contributed by atoms with E-state index in [1.54, 1.807) is 0 Å². The second-order valence-corrected chi connectivity index (χ2v) is 5.68. The van der Waals surface area contributed by atoms with Gasteiger partial charge in [-0.25, -0.2) is 0 Å². The predicted molar refractivity (Wildman–Crippen MR) is 90.2 cm³/mol. The summed E-state index contributed by atoms with van der Waals surface area (Å²) in [5, 5.41) is 18.4. The number of allylic oxidation sites excluding steroid dienone is 6. The molecule has 0 fully saturated rings. The largest absolute Gasteiger partial charge is 0.192 e. The number of nitrogens with zero attached hydrogens (tertiary/aromatic N) is 2. The van der Waals surface area contributed by atoms with Crippen molar-refractivity contribution in [1.29, 1.82) is 10.5 Å². The number of rotatable bonds is 1. The highest BCUT2D eigenvalue weighted by atomic mass is 14.3. The number of hydrogen-bond acceptors (Lipinski definition) is 2. The molecule has 1 aromatic rings. The Morgan fingerprint density at radius 1 is 1.00 bits per heavy atom. The Balaban J connectivity index is 2.26. The van der Waals surface area contributed by atoms with E-state index in [1.807, 2.05) is 19.1 Å². The Bertz CT molecular complexity index is 875. The van der Waals surface area contributed by atoms with Crippen LogP contribution in [-0.2, 0) is 0 Å². The van der Waals surface area contributed by atoms with E-state index in [1.165, 1.54) is 22.3 Å². The molecule has 0 aromatic heterocycles. The minimum atomic E-state index is 0.190. The highest BCUT2D eigenvalue weighted by Gasteiger charge is 2.24. The third-order valence-corrected chi connectivity index (χ3v) is 4.23. The standard InChI is InChI=1S/C20H16N2/c1-4-5-17-12(2)6-14-9-19-15(8-18(14)17)7-13(3)20(19)16(10-21)11-22/h5-9H,4H2,1-3H3/b17-5+. The van der Waals surface area contributed by atoms with Gasteiger partial charge in [-0.3, -0.25) is 0 Å². The monoisotopic (exact) mass is 284 g/mol. The molecule has 106 valence electrons. The molecular formula is C20H16N2. The average Bonchev–Trinajstić information content (AvgIpc) is 2.96. The summed E-state index contributed by atoms with van der Waals surface area (Å²) in [4.78, 5) is 0. The van der Waals surface area contributed by atoms with E-state index >= 15 is 0 Å². The van der Waals surface area contributed by atoms with Crippen molar-refractivity contribution < 1.29 is 0 Å². The summed E-state index contributed by atoms with van der Waals surface area (Å²) >= 11 is 0. The number of benzene rings is 1. The Labute approximate surface area is 131 Å². The van der Waals surface area contributed by atoms with Gasteiger partial charge in [0.1, 0.15) is 17.7 Å². The molecule has 0 saturated heterocycles. The van der Waals surface area contributed by atoms with Gasteiger partial charge >= 0.3 is 0 Å². The lowest BCUT2D eigenvalue weighted by Crippen LogP contribution is -1.91. The van der Waals surface area contributed by atoms with E-state index in [2.05, 4.69) is 44.2 Å². The smallest absolute Gasteiger partial charge is 0.137 e. The molecule has 0 heterocycles. The summed E-state index contributed by atoms with van der Waals surface area (Å²) < 4.78 is 0. The zero-order chi connectivity index (χ0) is 15.9. The van der Waals surface area contributed by atoms with Gasteiger partial charge in [-0.05, 0) is 71.4 Å². The molecule has 0 radical (unpaired) electrons. The topological polar surface area (TPSA) is 47.6 Å². The summed E-state index contributed by atoms with van der Waals surface area (Å²) in [6.45, 7) is 6.22. The minimum Gasteiger partial charge on any atom is -0.192 e. The molecule has 1 aromatic carbocycles. The predicted octanol–water partition coefficient (Wildman–Crippen LogP) is 5.11. The van der Waals surface area contributed by atoms with Gasteiger partial charge in [0.25, 0.3) is 0 Å². The molecule has 0 atom stereocenters. The second kappa shape index (κ2) is 5.17. The molecule has 3 rings (SSSR count). The van der Waals surface area contributed by atoms with Crippen LogP contribution in [0.15, 0.2) is 34.9 Å². The molecule has 2 aliphatic carbocycles. The highest BCUT2D eigenvalue weighted by molar-refractivity contribution is 6.02. The Kier molecular flexibility index (Phi) is 3.32. The zero-order valence-electron chi connectivity index (χ0n) is 13.0. The van der Waals surface area contributed by atoms with Crippen LogP contribution in [-0.4, -0.2) is 0 Å². The van der Waals surface area contributed by atoms with Crippen LogP contribution in [0.4, 0.5) is 0 Å². The van der Waals surface area contributed by atoms with E-state index in [-0.39, 0.29) is 5.57 Å². The van der Waals surface area contributed by atoms with Crippen LogP contribution < -0.4 is 0 Å². The van der Waals surface area contributed by atoms with Gasteiger partial charge in [-0.1, -0.05) is 25.2 Å². The van der Waals surface area contributed by atoms with E-state index in [0.717, 1.165) is 28.7 Å².